The summed E-state index contributed by atoms with van der Waals surface area (Å²) >= 11 is 0. The Morgan fingerprint density at radius 1 is 0.929 bits per heavy atom. The number of amides is 2. The standard InChI is InChI=1S/C32H40FN3O5S/c1-6-24(5)34-32(38)28(7-2)35(21-25-15-17-26(33)18-16-25)31(37)22-36(29-11-9-10-12-30(29)41-8-3)42(39,40)27-19-13-23(4)14-20-27/h9-20,24,28H,6-8,21-22H2,1-5H3,(H,34,38)/t24-,28-/m1/s1. The number of rotatable bonds is 14. The molecule has 0 aliphatic heterocycles. The number of hydrogen-bond donors (Lipinski definition) is 1. The fraction of sp³-hybridized carbons (Fsp3) is 0.375. The highest BCUT2D eigenvalue weighted by molar-refractivity contribution is 7.92. The zero-order valence-electron chi connectivity index (χ0n) is 24.8. The minimum Gasteiger partial charge on any atom is -0.492 e. The third-order valence-electron chi connectivity index (χ3n) is 6.97. The van der Waals surface area contributed by atoms with Crippen LogP contribution in [-0.4, -0.2) is 50.4 Å². The van der Waals surface area contributed by atoms with Crippen molar-refractivity contribution in [3.05, 3.63) is 89.7 Å². The number of anilines is 1. The first-order valence-corrected chi connectivity index (χ1v) is 15.6. The van der Waals surface area contributed by atoms with Crippen LogP contribution in [0.15, 0.2) is 77.7 Å². The van der Waals surface area contributed by atoms with Crippen LogP contribution in [0.2, 0.25) is 0 Å². The molecule has 0 fully saturated rings. The zero-order valence-corrected chi connectivity index (χ0v) is 25.7. The number of carbonyl (C=O) groups is 2. The molecule has 0 spiro atoms. The predicted octanol–water partition coefficient (Wildman–Crippen LogP) is 5.45. The topological polar surface area (TPSA) is 96.0 Å². The highest BCUT2D eigenvalue weighted by Gasteiger charge is 2.35. The monoisotopic (exact) mass is 597 g/mol. The van der Waals surface area contributed by atoms with Crippen LogP contribution in [0.1, 0.15) is 51.7 Å². The van der Waals surface area contributed by atoms with Crippen molar-refractivity contribution in [2.45, 2.75) is 71.0 Å². The molecule has 0 aromatic heterocycles. The lowest BCUT2D eigenvalue weighted by Gasteiger charge is -2.34. The van der Waals surface area contributed by atoms with E-state index in [0.29, 0.717) is 17.7 Å². The molecule has 226 valence electrons. The molecule has 3 rings (SSSR count). The highest BCUT2D eigenvalue weighted by Crippen LogP contribution is 2.33. The Bertz CT molecular complexity index is 1450. The van der Waals surface area contributed by atoms with Crippen LogP contribution < -0.4 is 14.4 Å². The van der Waals surface area contributed by atoms with E-state index in [1.165, 1.54) is 29.2 Å². The molecule has 0 saturated heterocycles. The van der Waals surface area contributed by atoms with E-state index in [9.17, 15) is 22.4 Å². The predicted molar refractivity (Wildman–Crippen MR) is 162 cm³/mol. The zero-order chi connectivity index (χ0) is 30.9. The minimum absolute atomic E-state index is 0.0128. The van der Waals surface area contributed by atoms with Crippen LogP contribution in [0.5, 0.6) is 5.75 Å². The molecule has 0 aliphatic carbocycles. The Balaban J connectivity index is 2.10. The maximum Gasteiger partial charge on any atom is 0.264 e. The van der Waals surface area contributed by atoms with Crippen LogP contribution >= 0.6 is 0 Å². The van der Waals surface area contributed by atoms with Gasteiger partial charge in [0, 0.05) is 12.6 Å². The number of hydrogen-bond acceptors (Lipinski definition) is 5. The van der Waals surface area contributed by atoms with Crippen molar-refractivity contribution in [1.82, 2.24) is 10.2 Å². The molecular formula is C32H40FN3O5S. The molecule has 2 amide bonds. The summed E-state index contributed by atoms with van der Waals surface area (Å²) in [5, 5.41) is 2.94. The van der Waals surface area contributed by atoms with Crippen molar-refractivity contribution < 1.29 is 27.1 Å². The number of ether oxygens (including phenoxy) is 1. The van der Waals surface area contributed by atoms with Gasteiger partial charge in [0.1, 0.15) is 24.2 Å². The van der Waals surface area contributed by atoms with Crippen LogP contribution in [0.4, 0.5) is 10.1 Å². The Labute approximate surface area is 248 Å². The molecule has 42 heavy (non-hydrogen) atoms. The molecular weight excluding hydrogens is 557 g/mol. The summed E-state index contributed by atoms with van der Waals surface area (Å²) in [5.41, 5.74) is 1.68. The molecule has 8 nitrogen and oxygen atoms in total. The number of aryl methyl sites for hydroxylation is 1. The lowest BCUT2D eigenvalue weighted by Crippen LogP contribution is -2.53. The van der Waals surface area contributed by atoms with Crippen LogP contribution in [0.3, 0.4) is 0 Å². The van der Waals surface area contributed by atoms with E-state index in [-0.39, 0.29) is 42.1 Å². The summed E-state index contributed by atoms with van der Waals surface area (Å²) in [6, 6.07) is 17.6. The molecule has 10 heteroatoms. The summed E-state index contributed by atoms with van der Waals surface area (Å²) in [4.78, 5) is 28.9. The Hall–Kier alpha value is -3.92. The van der Waals surface area contributed by atoms with Crippen molar-refractivity contribution in [1.29, 1.82) is 0 Å². The molecule has 3 aromatic carbocycles. The van der Waals surface area contributed by atoms with E-state index < -0.39 is 34.3 Å². The second-order valence-corrected chi connectivity index (χ2v) is 12.0. The molecule has 0 heterocycles. The largest absolute Gasteiger partial charge is 0.492 e. The lowest BCUT2D eigenvalue weighted by molar-refractivity contribution is -0.140. The van der Waals surface area contributed by atoms with Gasteiger partial charge in [-0.25, -0.2) is 12.8 Å². The highest BCUT2D eigenvalue weighted by atomic mass is 32.2. The van der Waals surface area contributed by atoms with Gasteiger partial charge in [-0.1, -0.05) is 55.8 Å². The number of halogens is 1. The molecule has 0 unspecified atom stereocenters. The van der Waals surface area contributed by atoms with E-state index in [1.807, 2.05) is 20.8 Å². The van der Waals surface area contributed by atoms with E-state index >= 15 is 0 Å². The first-order chi connectivity index (χ1) is 20.0. The summed E-state index contributed by atoms with van der Waals surface area (Å²) in [7, 11) is -4.24. The molecule has 3 aromatic rings. The normalized spacial score (nSPS) is 12.7. The third kappa shape index (κ3) is 8.09. The second-order valence-electron chi connectivity index (χ2n) is 10.1. The maximum atomic E-state index is 14.2. The summed E-state index contributed by atoms with van der Waals surface area (Å²) in [6.07, 6.45) is 0.986. The Morgan fingerprint density at radius 2 is 1.57 bits per heavy atom. The molecule has 0 radical (unpaired) electrons. The SMILES string of the molecule is CCOc1ccccc1N(CC(=O)N(Cc1ccc(F)cc1)[C@H](CC)C(=O)N[C@H](C)CC)S(=O)(=O)c1ccc(C)cc1. The lowest BCUT2D eigenvalue weighted by atomic mass is 10.1. The number of para-hydroxylation sites is 2. The number of sulfonamides is 1. The van der Waals surface area contributed by atoms with Crippen molar-refractivity contribution in [2.24, 2.45) is 0 Å². The number of benzene rings is 3. The van der Waals surface area contributed by atoms with E-state index in [0.717, 1.165) is 9.87 Å². The summed E-state index contributed by atoms with van der Waals surface area (Å²) in [5.74, 6) is -1.06. The van der Waals surface area contributed by atoms with Crippen molar-refractivity contribution in [2.75, 3.05) is 17.5 Å². The van der Waals surface area contributed by atoms with Gasteiger partial charge in [-0.15, -0.1) is 0 Å². The number of nitrogens with one attached hydrogen (secondary N) is 1. The fourth-order valence-corrected chi connectivity index (χ4v) is 5.86. The van der Waals surface area contributed by atoms with Crippen LogP contribution in [0.25, 0.3) is 0 Å². The van der Waals surface area contributed by atoms with Gasteiger partial charge in [-0.3, -0.25) is 13.9 Å². The van der Waals surface area contributed by atoms with E-state index in [1.54, 1.807) is 62.4 Å². The fourth-order valence-electron chi connectivity index (χ4n) is 4.44. The van der Waals surface area contributed by atoms with Crippen molar-refractivity contribution >= 4 is 27.5 Å². The van der Waals surface area contributed by atoms with E-state index in [4.69, 9.17) is 4.74 Å². The van der Waals surface area contributed by atoms with Crippen LogP contribution in [0, 0.1) is 12.7 Å². The van der Waals surface area contributed by atoms with Gasteiger partial charge < -0.3 is 15.0 Å². The Kier molecular flexibility index (Phi) is 11.5. The van der Waals surface area contributed by atoms with Gasteiger partial charge in [0.25, 0.3) is 10.0 Å². The molecule has 2 atom stereocenters. The van der Waals surface area contributed by atoms with Gasteiger partial charge in [0.05, 0.1) is 17.2 Å². The molecule has 0 bridgehead atoms. The molecule has 0 aliphatic rings. The van der Waals surface area contributed by atoms with Gasteiger partial charge >= 0.3 is 0 Å². The van der Waals surface area contributed by atoms with Gasteiger partial charge in [0.15, 0.2) is 0 Å². The van der Waals surface area contributed by atoms with Gasteiger partial charge in [-0.05, 0) is 75.6 Å². The average Bonchev–Trinajstić information content (AvgIpc) is 2.97. The van der Waals surface area contributed by atoms with Gasteiger partial charge in [-0.2, -0.15) is 0 Å². The first-order valence-electron chi connectivity index (χ1n) is 14.2. The van der Waals surface area contributed by atoms with Gasteiger partial charge in [0.2, 0.25) is 11.8 Å². The summed E-state index contributed by atoms with van der Waals surface area (Å²) < 4.78 is 48.6. The second kappa shape index (κ2) is 14.8. The smallest absolute Gasteiger partial charge is 0.264 e. The van der Waals surface area contributed by atoms with Crippen molar-refractivity contribution in [3.8, 4) is 5.75 Å². The minimum atomic E-state index is -4.24. The summed E-state index contributed by atoms with van der Waals surface area (Å²) in [6.45, 7) is 8.92. The third-order valence-corrected chi connectivity index (χ3v) is 8.75. The Morgan fingerprint density at radius 3 is 2.17 bits per heavy atom. The number of carbonyl (C=O) groups excluding carboxylic acids is 2. The van der Waals surface area contributed by atoms with Crippen molar-refractivity contribution in [3.63, 3.8) is 0 Å². The average molecular weight is 598 g/mol. The molecule has 0 saturated carbocycles. The molecule has 1 N–H and O–H groups in total. The van der Waals surface area contributed by atoms with E-state index in [2.05, 4.69) is 5.32 Å². The van der Waals surface area contributed by atoms with Crippen LogP contribution in [-0.2, 0) is 26.2 Å². The number of nitrogens with zero attached hydrogens (tertiary/aromatic N) is 2. The first kappa shape index (κ1) is 32.6. The quantitative estimate of drug-likeness (QED) is 0.267. The maximum absolute atomic E-state index is 14.2.